The Bertz CT molecular complexity index is 456. The molecular formula is C10H8FNO4. The molecule has 1 rings (SSSR count). The Hall–Kier alpha value is -2.37. The molecule has 0 saturated carbocycles. The fraction of sp³-hybridized carbons (Fsp3) is 0. The van der Waals surface area contributed by atoms with E-state index in [-0.39, 0.29) is 5.69 Å². The Morgan fingerprint density at radius 1 is 1.25 bits per heavy atom. The van der Waals surface area contributed by atoms with E-state index in [1.54, 1.807) is 0 Å². The standard InChI is InChI=1S/C10H8FNO4/c11-6-3-1-2-4-7(6)12-8(10(15)16)5-9(13)14/h1-5,12H,(H,13,14)(H,15,16)/b8-5-. The van der Waals surface area contributed by atoms with Crippen molar-refractivity contribution in [2.45, 2.75) is 0 Å². The van der Waals surface area contributed by atoms with E-state index in [1.807, 2.05) is 0 Å². The fourth-order valence-electron chi connectivity index (χ4n) is 0.982. The first-order chi connectivity index (χ1) is 7.50. The molecule has 3 N–H and O–H groups in total. The van der Waals surface area contributed by atoms with Crippen molar-refractivity contribution in [2.75, 3.05) is 5.32 Å². The molecule has 5 nitrogen and oxygen atoms in total. The van der Waals surface area contributed by atoms with Crippen LogP contribution in [0.1, 0.15) is 0 Å². The number of aliphatic carboxylic acids is 2. The SMILES string of the molecule is O=C(O)/C=C(\Nc1ccccc1F)C(=O)O. The minimum atomic E-state index is -1.48. The van der Waals surface area contributed by atoms with Crippen LogP contribution in [0.2, 0.25) is 0 Å². The number of carboxylic acids is 2. The first-order valence-corrected chi connectivity index (χ1v) is 4.20. The number of carboxylic acid groups (broad SMARTS) is 2. The molecule has 0 aliphatic heterocycles. The van der Waals surface area contributed by atoms with E-state index < -0.39 is 23.5 Å². The molecule has 0 aliphatic carbocycles. The molecule has 0 aliphatic rings. The van der Waals surface area contributed by atoms with Gasteiger partial charge in [-0.25, -0.2) is 14.0 Å². The molecule has 6 heteroatoms. The summed E-state index contributed by atoms with van der Waals surface area (Å²) in [6, 6.07) is 5.35. The maximum Gasteiger partial charge on any atom is 0.352 e. The quantitative estimate of drug-likeness (QED) is 0.672. The first-order valence-electron chi connectivity index (χ1n) is 4.20. The fourth-order valence-corrected chi connectivity index (χ4v) is 0.982. The number of hydrogen-bond acceptors (Lipinski definition) is 3. The van der Waals surface area contributed by atoms with E-state index >= 15 is 0 Å². The Kier molecular flexibility index (Phi) is 3.60. The zero-order chi connectivity index (χ0) is 12.1. The molecule has 0 fully saturated rings. The monoisotopic (exact) mass is 225 g/mol. The van der Waals surface area contributed by atoms with Crippen LogP contribution in [0.5, 0.6) is 0 Å². The maximum absolute atomic E-state index is 13.1. The third-order valence-corrected chi connectivity index (χ3v) is 1.64. The van der Waals surface area contributed by atoms with Crippen molar-refractivity contribution in [3.05, 3.63) is 41.9 Å². The number of carbonyl (C=O) groups is 2. The summed E-state index contributed by atoms with van der Waals surface area (Å²) in [5.41, 5.74) is -0.713. The van der Waals surface area contributed by atoms with Crippen molar-refractivity contribution >= 4 is 17.6 Å². The van der Waals surface area contributed by atoms with Gasteiger partial charge in [0.05, 0.1) is 11.8 Å². The number of nitrogens with one attached hydrogen (secondary N) is 1. The Morgan fingerprint density at radius 3 is 2.38 bits per heavy atom. The van der Waals surface area contributed by atoms with Gasteiger partial charge in [0.25, 0.3) is 0 Å². The lowest BCUT2D eigenvalue weighted by molar-refractivity contribution is -0.134. The van der Waals surface area contributed by atoms with Gasteiger partial charge in [0.15, 0.2) is 0 Å². The lowest BCUT2D eigenvalue weighted by Gasteiger charge is -2.06. The second-order valence-electron chi connectivity index (χ2n) is 2.81. The third kappa shape index (κ3) is 3.09. The number of para-hydroxylation sites is 1. The lowest BCUT2D eigenvalue weighted by Crippen LogP contribution is -2.13. The zero-order valence-corrected chi connectivity index (χ0v) is 7.98. The van der Waals surface area contributed by atoms with Crippen LogP contribution in [-0.2, 0) is 9.59 Å². The maximum atomic E-state index is 13.1. The van der Waals surface area contributed by atoms with Gasteiger partial charge in [0.2, 0.25) is 0 Å². The summed E-state index contributed by atoms with van der Waals surface area (Å²) in [5.74, 6) is -3.58. The molecule has 0 unspecified atom stereocenters. The lowest BCUT2D eigenvalue weighted by atomic mass is 10.3. The molecule has 84 valence electrons. The normalized spacial score (nSPS) is 10.9. The van der Waals surface area contributed by atoms with Gasteiger partial charge in [-0.3, -0.25) is 0 Å². The van der Waals surface area contributed by atoms with Crippen LogP contribution in [0.15, 0.2) is 36.0 Å². The summed E-state index contributed by atoms with van der Waals surface area (Å²) in [7, 11) is 0. The van der Waals surface area contributed by atoms with Crippen molar-refractivity contribution in [2.24, 2.45) is 0 Å². The summed E-state index contributed by atoms with van der Waals surface area (Å²) in [6.07, 6.45) is 0.453. The largest absolute Gasteiger partial charge is 0.478 e. The number of anilines is 1. The van der Waals surface area contributed by atoms with E-state index in [4.69, 9.17) is 10.2 Å². The molecule has 1 aromatic rings. The van der Waals surface area contributed by atoms with Gasteiger partial charge in [0.1, 0.15) is 11.5 Å². The van der Waals surface area contributed by atoms with Crippen LogP contribution in [-0.4, -0.2) is 22.2 Å². The summed E-state index contributed by atoms with van der Waals surface area (Å²) in [4.78, 5) is 20.9. The third-order valence-electron chi connectivity index (χ3n) is 1.64. The Balaban J connectivity index is 2.98. The van der Waals surface area contributed by atoms with Gasteiger partial charge in [-0.1, -0.05) is 12.1 Å². The average Bonchev–Trinajstić information content (AvgIpc) is 2.19. The van der Waals surface area contributed by atoms with Gasteiger partial charge in [-0.15, -0.1) is 0 Å². The van der Waals surface area contributed by atoms with Gasteiger partial charge < -0.3 is 15.5 Å². The number of hydrogen-bond donors (Lipinski definition) is 3. The van der Waals surface area contributed by atoms with Crippen LogP contribution in [0.3, 0.4) is 0 Å². The summed E-state index contributed by atoms with van der Waals surface area (Å²) in [6.45, 7) is 0. The highest BCUT2D eigenvalue weighted by molar-refractivity contribution is 5.97. The molecule has 0 heterocycles. The molecule has 0 aromatic heterocycles. The van der Waals surface area contributed by atoms with Crippen molar-refractivity contribution in [3.63, 3.8) is 0 Å². The van der Waals surface area contributed by atoms with Crippen molar-refractivity contribution in [1.29, 1.82) is 0 Å². The molecule has 0 amide bonds. The number of halogens is 1. The second kappa shape index (κ2) is 4.92. The minimum absolute atomic E-state index is 0.0996. The molecule has 0 bridgehead atoms. The number of rotatable bonds is 4. The van der Waals surface area contributed by atoms with Crippen molar-refractivity contribution in [1.82, 2.24) is 0 Å². The molecule has 0 saturated heterocycles. The van der Waals surface area contributed by atoms with Gasteiger partial charge in [-0.05, 0) is 12.1 Å². The Labute approximate surface area is 89.8 Å². The Morgan fingerprint density at radius 2 is 1.88 bits per heavy atom. The van der Waals surface area contributed by atoms with E-state index in [0.717, 1.165) is 6.07 Å². The molecule has 16 heavy (non-hydrogen) atoms. The predicted molar refractivity (Wildman–Crippen MR) is 53.4 cm³/mol. The van der Waals surface area contributed by atoms with E-state index in [9.17, 15) is 14.0 Å². The predicted octanol–water partition coefficient (Wildman–Crippen LogP) is 1.29. The van der Waals surface area contributed by atoms with E-state index in [0.29, 0.717) is 6.08 Å². The van der Waals surface area contributed by atoms with Gasteiger partial charge >= 0.3 is 11.9 Å². The van der Waals surface area contributed by atoms with Crippen LogP contribution in [0.25, 0.3) is 0 Å². The molecule has 0 atom stereocenters. The summed E-state index contributed by atoms with van der Waals surface area (Å²) in [5, 5.41) is 19.2. The molecular weight excluding hydrogens is 217 g/mol. The minimum Gasteiger partial charge on any atom is -0.478 e. The topological polar surface area (TPSA) is 86.6 Å². The van der Waals surface area contributed by atoms with E-state index in [1.165, 1.54) is 18.2 Å². The number of benzene rings is 1. The highest BCUT2D eigenvalue weighted by atomic mass is 19.1. The van der Waals surface area contributed by atoms with E-state index in [2.05, 4.69) is 5.32 Å². The summed E-state index contributed by atoms with van der Waals surface area (Å²) >= 11 is 0. The molecule has 1 aromatic carbocycles. The van der Waals surface area contributed by atoms with Crippen LogP contribution >= 0.6 is 0 Å². The molecule has 0 radical (unpaired) electrons. The van der Waals surface area contributed by atoms with Crippen LogP contribution in [0, 0.1) is 5.82 Å². The van der Waals surface area contributed by atoms with Gasteiger partial charge in [-0.2, -0.15) is 0 Å². The first kappa shape index (κ1) is 11.7. The zero-order valence-electron chi connectivity index (χ0n) is 7.98. The highest BCUT2D eigenvalue weighted by Gasteiger charge is 2.11. The molecule has 0 spiro atoms. The van der Waals surface area contributed by atoms with Gasteiger partial charge in [0, 0.05) is 0 Å². The highest BCUT2D eigenvalue weighted by Crippen LogP contribution is 2.14. The van der Waals surface area contributed by atoms with Crippen molar-refractivity contribution < 1.29 is 24.2 Å². The smallest absolute Gasteiger partial charge is 0.352 e. The van der Waals surface area contributed by atoms with Crippen molar-refractivity contribution in [3.8, 4) is 0 Å². The summed E-state index contributed by atoms with van der Waals surface area (Å²) < 4.78 is 13.1. The van der Waals surface area contributed by atoms with Crippen LogP contribution < -0.4 is 5.32 Å². The van der Waals surface area contributed by atoms with Crippen LogP contribution in [0.4, 0.5) is 10.1 Å². The second-order valence-corrected chi connectivity index (χ2v) is 2.81. The average molecular weight is 225 g/mol.